The van der Waals surface area contributed by atoms with Gasteiger partial charge < -0.3 is 10.6 Å². The lowest BCUT2D eigenvalue weighted by Crippen LogP contribution is -2.13. The number of amides is 1. The Bertz CT molecular complexity index is 891. The molecule has 1 amide bonds. The number of hydrogen-bond donors (Lipinski definition) is 2. The molecule has 0 atom stereocenters. The summed E-state index contributed by atoms with van der Waals surface area (Å²) in [4.78, 5) is 12.0. The summed E-state index contributed by atoms with van der Waals surface area (Å²) in [6, 6.07) is 15.4. The third kappa shape index (κ3) is 3.80. The van der Waals surface area contributed by atoms with Crippen molar-refractivity contribution >= 4 is 23.0 Å². The Labute approximate surface area is 142 Å². The van der Waals surface area contributed by atoms with Crippen LogP contribution in [0.3, 0.4) is 0 Å². The van der Waals surface area contributed by atoms with E-state index >= 15 is 0 Å². The number of rotatable bonds is 4. The smallest absolute Gasteiger partial charge is 0.258 e. The minimum absolute atomic E-state index is 0.0712. The van der Waals surface area contributed by atoms with Crippen molar-refractivity contribution in [3.05, 3.63) is 89.7 Å². The first-order valence-corrected chi connectivity index (χ1v) is 7.41. The molecule has 0 aliphatic carbocycles. The quantitative estimate of drug-likeness (QED) is 0.692. The highest BCUT2D eigenvalue weighted by atomic mass is 19.1. The van der Waals surface area contributed by atoms with Gasteiger partial charge in [-0.3, -0.25) is 4.79 Å². The Kier molecular flexibility index (Phi) is 4.70. The molecular formula is C19H13F3N2O. The van der Waals surface area contributed by atoms with E-state index in [1.165, 1.54) is 24.3 Å². The zero-order valence-corrected chi connectivity index (χ0v) is 12.9. The van der Waals surface area contributed by atoms with E-state index < -0.39 is 23.4 Å². The summed E-state index contributed by atoms with van der Waals surface area (Å²) < 4.78 is 40.8. The zero-order valence-electron chi connectivity index (χ0n) is 12.9. The second kappa shape index (κ2) is 7.09. The fraction of sp³-hybridized carbons (Fsp3) is 0. The highest BCUT2D eigenvalue weighted by molar-refractivity contribution is 6.04. The molecule has 0 bridgehead atoms. The van der Waals surface area contributed by atoms with E-state index in [4.69, 9.17) is 0 Å². The Balaban J connectivity index is 1.72. The molecule has 3 aromatic carbocycles. The van der Waals surface area contributed by atoms with Gasteiger partial charge in [0.25, 0.3) is 5.91 Å². The van der Waals surface area contributed by atoms with Crippen LogP contribution in [0.25, 0.3) is 0 Å². The fourth-order valence-electron chi connectivity index (χ4n) is 2.24. The van der Waals surface area contributed by atoms with Gasteiger partial charge in [0.05, 0.1) is 5.56 Å². The van der Waals surface area contributed by atoms with Crippen molar-refractivity contribution in [3.63, 3.8) is 0 Å². The molecule has 6 heteroatoms. The molecule has 126 valence electrons. The van der Waals surface area contributed by atoms with E-state index in [2.05, 4.69) is 10.6 Å². The lowest BCUT2D eigenvalue weighted by molar-refractivity contribution is 0.102. The second-order valence-electron chi connectivity index (χ2n) is 5.23. The van der Waals surface area contributed by atoms with Gasteiger partial charge in [-0.15, -0.1) is 0 Å². The van der Waals surface area contributed by atoms with Crippen LogP contribution < -0.4 is 10.6 Å². The third-order valence-electron chi connectivity index (χ3n) is 3.49. The average molecular weight is 342 g/mol. The van der Waals surface area contributed by atoms with Crippen molar-refractivity contribution in [3.8, 4) is 0 Å². The van der Waals surface area contributed by atoms with E-state index in [0.29, 0.717) is 11.4 Å². The van der Waals surface area contributed by atoms with Crippen LogP contribution in [0.5, 0.6) is 0 Å². The van der Waals surface area contributed by atoms with Crippen LogP contribution in [0.1, 0.15) is 10.4 Å². The summed E-state index contributed by atoms with van der Waals surface area (Å²) in [6.45, 7) is 0. The van der Waals surface area contributed by atoms with E-state index in [0.717, 1.165) is 12.1 Å². The number of benzene rings is 3. The van der Waals surface area contributed by atoms with Gasteiger partial charge in [0.1, 0.15) is 23.1 Å². The van der Waals surface area contributed by atoms with Crippen LogP contribution in [0.4, 0.5) is 30.2 Å². The molecule has 0 radical (unpaired) electrons. The topological polar surface area (TPSA) is 41.1 Å². The Morgan fingerprint density at radius 3 is 1.88 bits per heavy atom. The largest absolute Gasteiger partial charge is 0.351 e. The molecule has 0 fully saturated rings. The maximum absolute atomic E-state index is 13.6. The van der Waals surface area contributed by atoms with Gasteiger partial charge >= 0.3 is 0 Å². The number of para-hydroxylation sites is 1. The minimum atomic E-state index is -0.711. The molecule has 0 saturated carbocycles. The third-order valence-corrected chi connectivity index (χ3v) is 3.49. The monoisotopic (exact) mass is 342 g/mol. The second-order valence-corrected chi connectivity index (χ2v) is 5.23. The van der Waals surface area contributed by atoms with Crippen LogP contribution in [-0.2, 0) is 0 Å². The molecule has 0 unspecified atom stereocenters. The van der Waals surface area contributed by atoms with Crippen molar-refractivity contribution in [2.45, 2.75) is 0 Å². The maximum Gasteiger partial charge on any atom is 0.258 e. The molecule has 3 aromatic rings. The minimum Gasteiger partial charge on any atom is -0.351 e. The predicted octanol–water partition coefficient (Wildman–Crippen LogP) is 5.10. The first kappa shape index (κ1) is 16.6. The number of halogens is 3. The summed E-state index contributed by atoms with van der Waals surface area (Å²) in [5.41, 5.74) is 0.532. The Morgan fingerprint density at radius 1 is 0.680 bits per heavy atom. The van der Waals surface area contributed by atoms with Gasteiger partial charge in [-0.25, -0.2) is 13.2 Å². The molecule has 0 aliphatic heterocycles. The number of anilines is 3. The van der Waals surface area contributed by atoms with Crippen molar-refractivity contribution in [1.29, 1.82) is 0 Å². The fourth-order valence-corrected chi connectivity index (χ4v) is 2.24. The standard InChI is InChI=1S/C19H13F3N2O/c20-15-5-2-1-4-14(15)19(25)24-13-10-8-12(9-11-13)23-18-16(21)6-3-7-17(18)22/h1-11,23H,(H,24,25). The lowest BCUT2D eigenvalue weighted by atomic mass is 10.2. The molecular weight excluding hydrogens is 329 g/mol. The van der Waals surface area contributed by atoms with Crippen molar-refractivity contribution in [2.75, 3.05) is 10.6 Å². The Hall–Kier alpha value is -3.28. The van der Waals surface area contributed by atoms with Crippen LogP contribution in [-0.4, -0.2) is 5.91 Å². The van der Waals surface area contributed by atoms with E-state index in [1.54, 1.807) is 30.3 Å². The molecule has 25 heavy (non-hydrogen) atoms. The number of carbonyl (C=O) groups is 1. The van der Waals surface area contributed by atoms with Crippen LogP contribution in [0.15, 0.2) is 66.7 Å². The van der Waals surface area contributed by atoms with Gasteiger partial charge in [0.2, 0.25) is 0 Å². The van der Waals surface area contributed by atoms with Gasteiger partial charge in [0, 0.05) is 11.4 Å². The summed E-state index contributed by atoms with van der Waals surface area (Å²) in [5.74, 6) is -2.62. The van der Waals surface area contributed by atoms with Gasteiger partial charge in [-0.1, -0.05) is 18.2 Å². The van der Waals surface area contributed by atoms with E-state index in [1.807, 2.05) is 0 Å². The summed E-state index contributed by atoms with van der Waals surface area (Å²) in [6.07, 6.45) is 0. The lowest BCUT2D eigenvalue weighted by Gasteiger charge is -2.10. The highest BCUT2D eigenvalue weighted by Crippen LogP contribution is 2.24. The molecule has 0 spiro atoms. The summed E-state index contributed by atoms with van der Waals surface area (Å²) >= 11 is 0. The molecule has 0 aliphatic rings. The summed E-state index contributed by atoms with van der Waals surface area (Å²) in [7, 11) is 0. The summed E-state index contributed by atoms with van der Waals surface area (Å²) in [5, 5.41) is 5.20. The van der Waals surface area contributed by atoms with E-state index in [-0.39, 0.29) is 11.3 Å². The Morgan fingerprint density at radius 2 is 1.24 bits per heavy atom. The molecule has 0 aromatic heterocycles. The maximum atomic E-state index is 13.6. The van der Waals surface area contributed by atoms with Crippen molar-refractivity contribution in [1.82, 2.24) is 0 Å². The average Bonchev–Trinajstić information content (AvgIpc) is 2.60. The first-order chi connectivity index (χ1) is 12.0. The molecule has 0 heterocycles. The molecule has 2 N–H and O–H groups in total. The van der Waals surface area contributed by atoms with Crippen LogP contribution in [0.2, 0.25) is 0 Å². The number of carbonyl (C=O) groups excluding carboxylic acids is 1. The number of nitrogens with one attached hydrogen (secondary N) is 2. The van der Waals surface area contributed by atoms with Crippen molar-refractivity contribution < 1.29 is 18.0 Å². The van der Waals surface area contributed by atoms with Gasteiger partial charge in [0.15, 0.2) is 0 Å². The normalized spacial score (nSPS) is 10.4. The SMILES string of the molecule is O=C(Nc1ccc(Nc2c(F)cccc2F)cc1)c1ccccc1F. The van der Waals surface area contributed by atoms with Gasteiger partial charge in [-0.2, -0.15) is 0 Å². The zero-order chi connectivity index (χ0) is 17.8. The van der Waals surface area contributed by atoms with E-state index in [9.17, 15) is 18.0 Å². The molecule has 3 rings (SSSR count). The highest BCUT2D eigenvalue weighted by Gasteiger charge is 2.11. The van der Waals surface area contributed by atoms with Crippen LogP contribution >= 0.6 is 0 Å². The van der Waals surface area contributed by atoms with Gasteiger partial charge in [-0.05, 0) is 48.5 Å². The number of hydrogen-bond acceptors (Lipinski definition) is 2. The van der Waals surface area contributed by atoms with Crippen molar-refractivity contribution in [2.24, 2.45) is 0 Å². The van der Waals surface area contributed by atoms with Crippen LogP contribution in [0, 0.1) is 17.5 Å². The molecule has 0 saturated heterocycles. The first-order valence-electron chi connectivity index (χ1n) is 7.41. The molecule has 3 nitrogen and oxygen atoms in total. The predicted molar refractivity (Wildman–Crippen MR) is 90.4 cm³/mol.